The van der Waals surface area contributed by atoms with Gasteiger partial charge in [0.1, 0.15) is 5.00 Å². The Morgan fingerprint density at radius 1 is 1.19 bits per heavy atom. The molecule has 0 radical (unpaired) electrons. The molecule has 3 aliphatic carbocycles. The van der Waals surface area contributed by atoms with Gasteiger partial charge in [-0.05, 0) is 57.4 Å². The average molecular weight is 387 g/mol. The predicted molar refractivity (Wildman–Crippen MR) is 98.6 cm³/mol. The number of nitrogens with one attached hydrogen (secondary N) is 1. The van der Waals surface area contributed by atoms with E-state index in [4.69, 9.17) is 4.52 Å². The van der Waals surface area contributed by atoms with Crippen LogP contribution in [0.1, 0.15) is 54.8 Å². The molecule has 1 unspecified atom stereocenters. The molecular formula is C19H21N3O4S. The second kappa shape index (κ2) is 5.64. The molecule has 142 valence electrons. The highest BCUT2D eigenvalue weighted by atomic mass is 32.1. The summed E-state index contributed by atoms with van der Waals surface area (Å²) >= 11 is 1.57. The van der Waals surface area contributed by atoms with Gasteiger partial charge in [0, 0.05) is 4.88 Å². The lowest BCUT2D eigenvalue weighted by molar-refractivity contribution is -0.146. The van der Waals surface area contributed by atoms with Gasteiger partial charge in [-0.25, -0.2) is 0 Å². The Kier molecular flexibility index (Phi) is 3.53. The molecule has 0 bridgehead atoms. The fraction of sp³-hybridized carbons (Fsp3) is 0.579. The van der Waals surface area contributed by atoms with Crippen molar-refractivity contribution in [2.24, 2.45) is 10.8 Å². The van der Waals surface area contributed by atoms with Gasteiger partial charge in [0.2, 0.25) is 5.91 Å². The smallest absolute Gasteiger partial charge is 0.310 e. The third-order valence-corrected chi connectivity index (χ3v) is 7.79. The number of carboxylic acid groups (broad SMARTS) is 1. The zero-order chi connectivity index (χ0) is 18.8. The van der Waals surface area contributed by atoms with E-state index in [1.807, 2.05) is 0 Å². The van der Waals surface area contributed by atoms with Crippen molar-refractivity contribution in [2.45, 2.75) is 58.3 Å². The summed E-state index contributed by atoms with van der Waals surface area (Å²) in [5.74, 6) is -0.0159. The minimum atomic E-state index is -0.866. The van der Waals surface area contributed by atoms with Crippen LogP contribution in [0, 0.1) is 17.8 Å². The molecule has 2 aromatic rings. The molecule has 1 amide bonds. The summed E-state index contributed by atoms with van der Waals surface area (Å²) in [7, 11) is 0. The molecule has 3 aliphatic rings. The monoisotopic (exact) mass is 387 g/mol. The molecule has 2 N–H and O–H groups in total. The maximum atomic E-state index is 13.2. The Balaban J connectivity index is 1.52. The quantitative estimate of drug-likeness (QED) is 0.831. The van der Waals surface area contributed by atoms with Gasteiger partial charge < -0.3 is 14.9 Å². The highest BCUT2D eigenvalue weighted by molar-refractivity contribution is 7.17. The predicted octanol–water partition coefficient (Wildman–Crippen LogP) is 3.57. The zero-order valence-corrected chi connectivity index (χ0v) is 15.9. The number of carbonyl (C=O) groups excluding carboxylic acids is 1. The van der Waals surface area contributed by atoms with Crippen molar-refractivity contribution in [3.8, 4) is 11.5 Å². The Morgan fingerprint density at radius 2 is 1.96 bits per heavy atom. The summed E-state index contributed by atoms with van der Waals surface area (Å²) in [5, 5.41) is 17.3. The SMILES string of the molecule is Cc1noc(-c2c(NC(=O)C34CCC[C@]3(C(=O)O)C4)sc3c2CCCC3)n1. The Hall–Kier alpha value is -2.22. The van der Waals surface area contributed by atoms with E-state index in [9.17, 15) is 14.7 Å². The van der Waals surface area contributed by atoms with Crippen molar-refractivity contribution < 1.29 is 19.2 Å². The fourth-order valence-electron chi connectivity index (χ4n) is 5.12. The van der Waals surface area contributed by atoms with E-state index in [0.29, 0.717) is 31.0 Å². The normalized spacial score (nSPS) is 28.5. The number of aromatic nitrogens is 2. The van der Waals surface area contributed by atoms with Crippen molar-refractivity contribution in [3.05, 3.63) is 16.3 Å². The van der Waals surface area contributed by atoms with Crippen LogP contribution in [0.3, 0.4) is 0 Å². The number of nitrogens with zero attached hydrogens (tertiary/aromatic N) is 2. The topological polar surface area (TPSA) is 105 Å². The molecule has 7 nitrogen and oxygen atoms in total. The Labute approximate surface area is 160 Å². The van der Waals surface area contributed by atoms with Crippen molar-refractivity contribution in [3.63, 3.8) is 0 Å². The molecule has 2 aromatic heterocycles. The second-order valence-corrected chi connectivity index (χ2v) is 9.12. The van der Waals surface area contributed by atoms with Gasteiger partial charge >= 0.3 is 5.97 Å². The van der Waals surface area contributed by atoms with Crippen molar-refractivity contribution >= 4 is 28.2 Å². The Bertz CT molecular complexity index is 964. The highest BCUT2D eigenvalue weighted by Crippen LogP contribution is 2.74. The molecule has 2 fully saturated rings. The third kappa shape index (κ3) is 2.25. The van der Waals surface area contributed by atoms with E-state index in [2.05, 4.69) is 15.5 Å². The summed E-state index contributed by atoms with van der Waals surface area (Å²) in [5.41, 5.74) is 0.398. The first-order valence-corrected chi connectivity index (χ1v) is 10.3. The van der Waals surface area contributed by atoms with Crippen LogP contribution >= 0.6 is 11.3 Å². The molecule has 0 aliphatic heterocycles. The van der Waals surface area contributed by atoms with Crippen molar-refractivity contribution in [1.82, 2.24) is 10.1 Å². The van der Waals surface area contributed by atoms with Gasteiger partial charge in [0.15, 0.2) is 5.82 Å². The molecule has 2 atom stereocenters. The van der Waals surface area contributed by atoms with Crippen LogP contribution in [0.5, 0.6) is 0 Å². The number of hydrogen-bond donors (Lipinski definition) is 2. The van der Waals surface area contributed by atoms with Crippen LogP contribution in [0.2, 0.25) is 0 Å². The Morgan fingerprint density at radius 3 is 2.67 bits per heavy atom. The first-order valence-electron chi connectivity index (χ1n) is 9.47. The van der Waals surface area contributed by atoms with Gasteiger partial charge in [0.25, 0.3) is 5.89 Å². The number of aryl methyl sites for hydroxylation is 2. The van der Waals surface area contributed by atoms with Gasteiger partial charge in [-0.2, -0.15) is 4.98 Å². The first kappa shape index (κ1) is 16.9. The van der Waals surface area contributed by atoms with E-state index in [0.717, 1.165) is 42.7 Å². The first-order chi connectivity index (χ1) is 13.0. The van der Waals surface area contributed by atoms with Crippen LogP contribution < -0.4 is 5.32 Å². The summed E-state index contributed by atoms with van der Waals surface area (Å²) in [6, 6.07) is 0. The molecule has 5 rings (SSSR count). The molecule has 0 saturated heterocycles. The molecule has 2 saturated carbocycles. The number of fused-ring (bicyclic) bond motifs is 2. The lowest BCUT2D eigenvalue weighted by Gasteiger charge is -2.15. The number of hydrogen-bond acceptors (Lipinski definition) is 6. The van der Waals surface area contributed by atoms with Crippen molar-refractivity contribution in [2.75, 3.05) is 5.32 Å². The fourth-order valence-corrected chi connectivity index (χ4v) is 6.39. The van der Waals surface area contributed by atoms with E-state index in [1.165, 1.54) is 10.4 Å². The molecular weight excluding hydrogens is 366 g/mol. The number of carboxylic acids is 1. The third-order valence-electron chi connectivity index (χ3n) is 6.59. The number of aliphatic carboxylic acids is 1. The number of carbonyl (C=O) groups is 2. The van der Waals surface area contributed by atoms with Crippen molar-refractivity contribution in [1.29, 1.82) is 0 Å². The lowest BCUT2D eigenvalue weighted by Crippen LogP contribution is -2.30. The number of anilines is 1. The van der Waals surface area contributed by atoms with Gasteiger partial charge in [-0.1, -0.05) is 11.6 Å². The van der Waals surface area contributed by atoms with Crippen LogP contribution in [0.4, 0.5) is 5.00 Å². The van der Waals surface area contributed by atoms with Gasteiger partial charge in [-0.3, -0.25) is 9.59 Å². The second-order valence-electron chi connectivity index (χ2n) is 8.02. The summed E-state index contributed by atoms with van der Waals surface area (Å²) < 4.78 is 5.42. The van der Waals surface area contributed by atoms with Crippen LogP contribution in [0.15, 0.2) is 4.52 Å². The minimum Gasteiger partial charge on any atom is -0.481 e. The number of amides is 1. The maximum absolute atomic E-state index is 13.2. The molecule has 0 aromatic carbocycles. The number of thiophene rings is 1. The van der Waals surface area contributed by atoms with E-state index < -0.39 is 16.8 Å². The largest absolute Gasteiger partial charge is 0.481 e. The van der Waals surface area contributed by atoms with E-state index in [-0.39, 0.29) is 5.91 Å². The average Bonchev–Trinajstić information content (AvgIpc) is 2.98. The zero-order valence-electron chi connectivity index (χ0n) is 15.1. The highest BCUT2D eigenvalue weighted by Gasteiger charge is 2.78. The molecule has 2 heterocycles. The summed E-state index contributed by atoms with van der Waals surface area (Å²) in [6.45, 7) is 1.77. The summed E-state index contributed by atoms with van der Waals surface area (Å²) in [6.07, 6.45) is 6.62. The van der Waals surface area contributed by atoms with Crippen LogP contribution in [-0.4, -0.2) is 27.1 Å². The lowest BCUT2D eigenvalue weighted by atomic mass is 9.94. The standard InChI is InChI=1S/C19H21N3O4S/c1-10-20-14(26-22-10)13-11-5-2-3-6-12(11)27-15(13)21-16(23)18-7-4-8-19(18,9-18)17(24)25/h2-9H2,1H3,(H,21,23)(H,24,25)/t18?,19-/m1/s1. The van der Waals surface area contributed by atoms with E-state index >= 15 is 0 Å². The maximum Gasteiger partial charge on any atom is 0.310 e. The van der Waals surface area contributed by atoms with Crippen LogP contribution in [0.25, 0.3) is 11.5 Å². The van der Waals surface area contributed by atoms with Crippen LogP contribution in [-0.2, 0) is 22.4 Å². The molecule has 0 spiro atoms. The van der Waals surface area contributed by atoms with Gasteiger partial charge in [-0.15, -0.1) is 11.3 Å². The molecule has 8 heteroatoms. The molecule has 27 heavy (non-hydrogen) atoms. The minimum absolute atomic E-state index is 0.168. The number of rotatable bonds is 4. The summed E-state index contributed by atoms with van der Waals surface area (Å²) in [4.78, 5) is 30.6. The van der Waals surface area contributed by atoms with E-state index in [1.54, 1.807) is 18.3 Å². The van der Waals surface area contributed by atoms with Gasteiger partial charge in [0.05, 0.1) is 16.4 Å².